The molecule has 3 N–H and O–H groups in total. The van der Waals surface area contributed by atoms with Crippen LogP contribution in [0, 0.1) is 0 Å². The molecule has 1 aromatic heterocycles. The van der Waals surface area contributed by atoms with Crippen LogP contribution < -0.4 is 15.8 Å². The smallest absolute Gasteiger partial charge is 0.469 e. The molecule has 0 spiro atoms. The molecule has 0 fully saturated rings. The zero-order valence-electron chi connectivity index (χ0n) is 12.1. The van der Waals surface area contributed by atoms with Crippen molar-refractivity contribution >= 4 is 5.96 Å². The number of furan rings is 1. The molecular formula is C15H16F3N3O2. The summed E-state index contributed by atoms with van der Waals surface area (Å²) in [5.74, 6) is 0.826. The molecule has 8 heteroatoms. The van der Waals surface area contributed by atoms with Gasteiger partial charge in [0.1, 0.15) is 11.5 Å². The lowest BCUT2D eigenvalue weighted by atomic mass is 10.2. The van der Waals surface area contributed by atoms with Gasteiger partial charge in [0.15, 0.2) is 5.96 Å². The Morgan fingerprint density at radius 1 is 1.22 bits per heavy atom. The van der Waals surface area contributed by atoms with Gasteiger partial charge in [0.25, 0.3) is 0 Å². The lowest BCUT2D eigenvalue weighted by Crippen LogP contribution is -2.33. The standard InChI is InChI=1S/C15H16F3N3O2/c16-15(17,18)23-13-5-3-11(4-6-13)10-21-14(19)20-8-7-12-2-1-9-22-12/h1-6,9H,7-8,10H2,(H3,19,20,21). The van der Waals surface area contributed by atoms with Gasteiger partial charge in [0, 0.05) is 13.0 Å². The number of halogens is 3. The van der Waals surface area contributed by atoms with Gasteiger partial charge in [-0.25, -0.2) is 4.99 Å². The van der Waals surface area contributed by atoms with Gasteiger partial charge < -0.3 is 20.2 Å². The van der Waals surface area contributed by atoms with Crippen molar-refractivity contribution in [3.05, 3.63) is 54.0 Å². The number of nitrogens with one attached hydrogen (secondary N) is 1. The minimum absolute atomic E-state index is 0.256. The second kappa shape index (κ2) is 7.57. The molecule has 23 heavy (non-hydrogen) atoms. The van der Waals surface area contributed by atoms with Gasteiger partial charge in [-0.05, 0) is 29.8 Å². The van der Waals surface area contributed by atoms with Crippen molar-refractivity contribution in [3.8, 4) is 5.75 Å². The maximum absolute atomic E-state index is 12.0. The third kappa shape index (κ3) is 6.33. The van der Waals surface area contributed by atoms with E-state index in [1.54, 1.807) is 12.3 Å². The van der Waals surface area contributed by atoms with E-state index in [-0.39, 0.29) is 18.3 Å². The van der Waals surface area contributed by atoms with Crippen LogP contribution in [0.25, 0.3) is 0 Å². The quantitative estimate of drug-likeness (QED) is 0.632. The van der Waals surface area contributed by atoms with Crippen LogP contribution in [0.5, 0.6) is 5.75 Å². The first-order chi connectivity index (χ1) is 10.9. The fraction of sp³-hybridized carbons (Fsp3) is 0.267. The van der Waals surface area contributed by atoms with E-state index in [4.69, 9.17) is 10.2 Å². The van der Waals surface area contributed by atoms with E-state index in [1.165, 1.54) is 24.3 Å². The van der Waals surface area contributed by atoms with Gasteiger partial charge in [-0.1, -0.05) is 12.1 Å². The van der Waals surface area contributed by atoms with Gasteiger partial charge >= 0.3 is 6.36 Å². The first kappa shape index (κ1) is 16.7. The van der Waals surface area contributed by atoms with E-state index in [9.17, 15) is 13.2 Å². The molecule has 0 aliphatic rings. The van der Waals surface area contributed by atoms with Crippen LogP contribution in [-0.4, -0.2) is 18.9 Å². The average Bonchev–Trinajstić information content (AvgIpc) is 2.98. The van der Waals surface area contributed by atoms with Crippen molar-refractivity contribution in [2.75, 3.05) is 6.54 Å². The molecule has 0 radical (unpaired) electrons. The van der Waals surface area contributed by atoms with Gasteiger partial charge in [-0.3, -0.25) is 0 Å². The van der Waals surface area contributed by atoms with E-state index in [0.717, 1.165) is 11.3 Å². The number of ether oxygens (including phenoxy) is 1. The molecule has 1 aromatic carbocycles. The fourth-order valence-electron chi connectivity index (χ4n) is 1.80. The normalized spacial score (nSPS) is 12.2. The second-order valence-corrected chi connectivity index (χ2v) is 4.65. The topological polar surface area (TPSA) is 72.8 Å². The largest absolute Gasteiger partial charge is 0.573 e. The third-order valence-corrected chi connectivity index (χ3v) is 2.85. The summed E-state index contributed by atoms with van der Waals surface area (Å²) in [5.41, 5.74) is 6.43. The lowest BCUT2D eigenvalue weighted by molar-refractivity contribution is -0.274. The Morgan fingerprint density at radius 2 is 1.96 bits per heavy atom. The molecular weight excluding hydrogens is 311 g/mol. The van der Waals surface area contributed by atoms with Crippen LogP contribution in [0.15, 0.2) is 52.1 Å². The summed E-state index contributed by atoms with van der Waals surface area (Å²) in [5, 5.41) is 2.93. The van der Waals surface area contributed by atoms with E-state index in [2.05, 4.69) is 15.0 Å². The Labute approximate surface area is 131 Å². The van der Waals surface area contributed by atoms with Crippen molar-refractivity contribution in [3.63, 3.8) is 0 Å². The first-order valence-electron chi connectivity index (χ1n) is 6.83. The van der Waals surface area contributed by atoms with E-state index in [1.807, 2.05) is 6.07 Å². The Hall–Kier alpha value is -2.64. The zero-order valence-corrected chi connectivity index (χ0v) is 12.1. The number of hydrogen-bond acceptors (Lipinski definition) is 3. The Balaban J connectivity index is 1.77. The number of alkyl halides is 3. The van der Waals surface area contributed by atoms with Gasteiger partial charge in [0.05, 0.1) is 12.8 Å². The van der Waals surface area contributed by atoms with Gasteiger partial charge in [0.2, 0.25) is 0 Å². The summed E-state index contributed by atoms with van der Waals surface area (Å²) >= 11 is 0. The maximum atomic E-state index is 12.0. The summed E-state index contributed by atoms with van der Waals surface area (Å²) in [6, 6.07) is 9.14. The molecule has 0 aliphatic heterocycles. The van der Waals surface area contributed by atoms with E-state index in [0.29, 0.717) is 13.0 Å². The predicted molar refractivity (Wildman–Crippen MR) is 78.9 cm³/mol. The SMILES string of the molecule is NC(=NCc1ccc(OC(F)(F)F)cc1)NCCc1ccco1. The van der Waals surface area contributed by atoms with Crippen LogP contribution in [0.3, 0.4) is 0 Å². The molecule has 0 amide bonds. The molecule has 124 valence electrons. The van der Waals surface area contributed by atoms with Crippen molar-refractivity contribution in [1.82, 2.24) is 5.32 Å². The maximum Gasteiger partial charge on any atom is 0.573 e. The molecule has 0 unspecified atom stereocenters. The number of guanidine groups is 1. The van der Waals surface area contributed by atoms with Crippen LogP contribution in [0.1, 0.15) is 11.3 Å². The monoisotopic (exact) mass is 327 g/mol. The highest BCUT2D eigenvalue weighted by molar-refractivity contribution is 5.77. The highest BCUT2D eigenvalue weighted by Crippen LogP contribution is 2.22. The molecule has 0 saturated carbocycles. The van der Waals surface area contributed by atoms with E-state index < -0.39 is 6.36 Å². The number of hydrogen-bond donors (Lipinski definition) is 2. The zero-order chi connectivity index (χ0) is 16.7. The molecule has 0 saturated heterocycles. The minimum Gasteiger partial charge on any atom is -0.469 e. The molecule has 0 aliphatic carbocycles. The summed E-state index contributed by atoms with van der Waals surface area (Å²) in [7, 11) is 0. The molecule has 0 atom stereocenters. The molecule has 1 heterocycles. The number of nitrogens with zero attached hydrogens (tertiary/aromatic N) is 1. The second-order valence-electron chi connectivity index (χ2n) is 4.65. The highest BCUT2D eigenvalue weighted by atomic mass is 19.4. The number of rotatable bonds is 6. The molecule has 2 rings (SSSR count). The van der Waals surface area contributed by atoms with Crippen LogP contribution in [-0.2, 0) is 13.0 Å². The fourth-order valence-corrected chi connectivity index (χ4v) is 1.80. The van der Waals surface area contributed by atoms with Crippen molar-refractivity contribution in [2.45, 2.75) is 19.3 Å². The lowest BCUT2D eigenvalue weighted by Gasteiger charge is -2.09. The molecule has 2 aromatic rings. The number of aliphatic imine (C=N–C) groups is 1. The van der Waals surface area contributed by atoms with Crippen molar-refractivity contribution in [2.24, 2.45) is 10.7 Å². The van der Waals surface area contributed by atoms with E-state index >= 15 is 0 Å². The van der Waals surface area contributed by atoms with Crippen molar-refractivity contribution in [1.29, 1.82) is 0 Å². The van der Waals surface area contributed by atoms with Crippen LogP contribution in [0.4, 0.5) is 13.2 Å². The summed E-state index contributed by atoms with van der Waals surface area (Å²) in [6.07, 6.45) is -2.42. The number of benzene rings is 1. The minimum atomic E-state index is -4.69. The van der Waals surface area contributed by atoms with Gasteiger partial charge in [-0.2, -0.15) is 0 Å². The highest BCUT2D eigenvalue weighted by Gasteiger charge is 2.30. The Morgan fingerprint density at radius 3 is 2.57 bits per heavy atom. The molecule has 5 nitrogen and oxygen atoms in total. The Bertz CT molecular complexity index is 622. The third-order valence-electron chi connectivity index (χ3n) is 2.85. The van der Waals surface area contributed by atoms with Crippen molar-refractivity contribution < 1.29 is 22.3 Å². The molecule has 0 bridgehead atoms. The summed E-state index contributed by atoms with van der Waals surface area (Å²) in [4.78, 5) is 4.11. The summed E-state index contributed by atoms with van der Waals surface area (Å²) < 4.78 is 45.1. The van der Waals surface area contributed by atoms with Gasteiger partial charge in [-0.15, -0.1) is 13.2 Å². The number of nitrogens with two attached hydrogens (primary N) is 1. The summed E-state index contributed by atoms with van der Waals surface area (Å²) in [6.45, 7) is 0.826. The van der Waals surface area contributed by atoms with Crippen LogP contribution in [0.2, 0.25) is 0 Å². The first-order valence-corrected chi connectivity index (χ1v) is 6.83. The Kier molecular flexibility index (Phi) is 5.51. The van der Waals surface area contributed by atoms with Crippen LogP contribution >= 0.6 is 0 Å². The predicted octanol–water partition coefficient (Wildman–Crippen LogP) is 2.83. The average molecular weight is 327 g/mol.